The molecule has 4 aromatic carbocycles. The molecule has 0 spiro atoms. The number of hydrogen-bond acceptors (Lipinski definition) is 1. The van der Waals surface area contributed by atoms with Crippen LogP contribution < -0.4 is 0 Å². The van der Waals surface area contributed by atoms with Crippen LogP contribution in [0.25, 0.3) is 22.3 Å². The molecule has 0 atom stereocenters. The van der Waals surface area contributed by atoms with E-state index in [-0.39, 0.29) is 11.8 Å². The molecular formula is C31H21N. The van der Waals surface area contributed by atoms with Crippen molar-refractivity contribution >= 4 is 0 Å². The Morgan fingerprint density at radius 3 is 1.19 bits per heavy atom. The van der Waals surface area contributed by atoms with Gasteiger partial charge in [0.15, 0.2) is 0 Å². The highest BCUT2D eigenvalue weighted by Gasteiger charge is 2.35. The standard InChI is InChI=1S/C31H21N/c1-5-13-24-20(9-1)21-10-2-6-14-25(21)30(24)28-17-18-32-19-29(28)31-26-15-7-3-11-22(26)23-12-4-8-16-27(23)31/h1-19,30-31H. The van der Waals surface area contributed by atoms with E-state index >= 15 is 0 Å². The second-order valence-electron chi connectivity index (χ2n) is 8.72. The van der Waals surface area contributed by atoms with Gasteiger partial charge in [-0.3, -0.25) is 4.98 Å². The van der Waals surface area contributed by atoms with E-state index in [0.717, 1.165) is 0 Å². The van der Waals surface area contributed by atoms with Gasteiger partial charge in [0.1, 0.15) is 0 Å². The maximum atomic E-state index is 4.62. The zero-order chi connectivity index (χ0) is 21.1. The van der Waals surface area contributed by atoms with Crippen molar-refractivity contribution in [2.75, 3.05) is 0 Å². The fourth-order valence-electron chi connectivity index (χ4n) is 5.90. The molecule has 0 saturated heterocycles. The van der Waals surface area contributed by atoms with Crippen LogP contribution in [0.4, 0.5) is 0 Å². The first-order valence-corrected chi connectivity index (χ1v) is 11.2. The zero-order valence-electron chi connectivity index (χ0n) is 17.6. The third-order valence-corrected chi connectivity index (χ3v) is 7.18. The van der Waals surface area contributed by atoms with Crippen molar-refractivity contribution in [2.24, 2.45) is 0 Å². The lowest BCUT2D eigenvalue weighted by Crippen LogP contribution is -2.09. The molecule has 0 saturated carbocycles. The minimum absolute atomic E-state index is 0.200. The Bertz CT molecular complexity index is 1290. The highest BCUT2D eigenvalue weighted by molar-refractivity contribution is 5.83. The summed E-state index contributed by atoms with van der Waals surface area (Å²) in [5.74, 6) is 0.423. The van der Waals surface area contributed by atoms with Crippen molar-refractivity contribution in [1.82, 2.24) is 4.98 Å². The minimum atomic E-state index is 0.200. The van der Waals surface area contributed by atoms with Gasteiger partial charge in [-0.05, 0) is 61.7 Å². The number of fused-ring (bicyclic) bond motifs is 6. The molecule has 1 nitrogen and oxygen atoms in total. The Balaban J connectivity index is 1.50. The maximum absolute atomic E-state index is 4.62. The second-order valence-corrected chi connectivity index (χ2v) is 8.72. The summed E-state index contributed by atoms with van der Waals surface area (Å²) in [5.41, 5.74) is 13.6. The lowest BCUT2D eigenvalue weighted by atomic mass is 9.80. The molecule has 2 aliphatic rings. The van der Waals surface area contributed by atoms with E-state index in [2.05, 4.69) is 114 Å². The highest BCUT2D eigenvalue weighted by Crippen LogP contribution is 2.53. The quantitative estimate of drug-likeness (QED) is 0.291. The van der Waals surface area contributed by atoms with E-state index < -0.39 is 0 Å². The van der Waals surface area contributed by atoms with Gasteiger partial charge in [-0.15, -0.1) is 0 Å². The number of nitrogens with zero attached hydrogens (tertiary/aromatic N) is 1. The predicted molar refractivity (Wildman–Crippen MR) is 130 cm³/mol. The Morgan fingerprint density at radius 2 is 0.750 bits per heavy atom. The van der Waals surface area contributed by atoms with Crippen molar-refractivity contribution in [3.05, 3.63) is 149 Å². The summed E-state index contributed by atoms with van der Waals surface area (Å²) in [6.45, 7) is 0. The Hall–Kier alpha value is -3.97. The normalized spacial score (nSPS) is 14.0. The summed E-state index contributed by atoms with van der Waals surface area (Å²) >= 11 is 0. The SMILES string of the molecule is c1ccc2c(c1)-c1ccccc1C2c1ccncc1C1c2ccccc2-c2ccccc21. The molecule has 32 heavy (non-hydrogen) atoms. The summed E-state index contributed by atoms with van der Waals surface area (Å²) < 4.78 is 0. The Morgan fingerprint density at radius 1 is 0.375 bits per heavy atom. The Labute approximate surface area is 188 Å². The molecule has 7 rings (SSSR count). The van der Waals surface area contributed by atoms with Gasteiger partial charge < -0.3 is 0 Å². The first kappa shape index (κ1) is 17.7. The zero-order valence-corrected chi connectivity index (χ0v) is 17.6. The minimum Gasteiger partial charge on any atom is -0.264 e. The first-order chi connectivity index (χ1) is 15.9. The van der Waals surface area contributed by atoms with Gasteiger partial charge in [0.25, 0.3) is 0 Å². The van der Waals surface area contributed by atoms with Gasteiger partial charge in [0.05, 0.1) is 0 Å². The van der Waals surface area contributed by atoms with Crippen molar-refractivity contribution in [1.29, 1.82) is 0 Å². The molecule has 0 bridgehead atoms. The van der Waals surface area contributed by atoms with Crippen LogP contribution >= 0.6 is 0 Å². The fourth-order valence-corrected chi connectivity index (χ4v) is 5.90. The smallest absolute Gasteiger partial charge is 0.0370 e. The summed E-state index contributed by atoms with van der Waals surface area (Å²) in [6, 6.07) is 37.7. The van der Waals surface area contributed by atoms with E-state index in [4.69, 9.17) is 0 Å². The van der Waals surface area contributed by atoms with E-state index in [1.165, 1.54) is 55.6 Å². The first-order valence-electron chi connectivity index (χ1n) is 11.2. The van der Waals surface area contributed by atoms with Crippen LogP contribution in [-0.2, 0) is 0 Å². The van der Waals surface area contributed by atoms with Gasteiger partial charge in [0, 0.05) is 24.2 Å². The summed E-state index contributed by atoms with van der Waals surface area (Å²) in [5, 5.41) is 0. The van der Waals surface area contributed by atoms with Crippen molar-refractivity contribution in [2.45, 2.75) is 11.8 Å². The topological polar surface area (TPSA) is 12.9 Å². The lowest BCUT2D eigenvalue weighted by molar-refractivity contribution is 0.911. The average Bonchev–Trinajstić information content (AvgIpc) is 3.37. The molecule has 0 radical (unpaired) electrons. The monoisotopic (exact) mass is 407 g/mol. The van der Waals surface area contributed by atoms with E-state index in [1.54, 1.807) is 0 Å². The van der Waals surface area contributed by atoms with Crippen LogP contribution in [0, 0.1) is 0 Å². The van der Waals surface area contributed by atoms with Crippen LogP contribution in [-0.4, -0.2) is 4.98 Å². The molecule has 1 aromatic heterocycles. The molecule has 1 heterocycles. The van der Waals surface area contributed by atoms with Crippen LogP contribution in [0.5, 0.6) is 0 Å². The third kappa shape index (κ3) is 2.37. The van der Waals surface area contributed by atoms with Gasteiger partial charge in [-0.1, -0.05) is 97.1 Å². The Kier molecular flexibility index (Phi) is 3.74. The summed E-state index contributed by atoms with van der Waals surface area (Å²) in [6.07, 6.45) is 4.05. The average molecular weight is 408 g/mol. The molecule has 0 N–H and O–H groups in total. The summed E-state index contributed by atoms with van der Waals surface area (Å²) in [7, 11) is 0. The van der Waals surface area contributed by atoms with Gasteiger partial charge in [0.2, 0.25) is 0 Å². The molecule has 1 heteroatoms. The van der Waals surface area contributed by atoms with Crippen LogP contribution in [0.2, 0.25) is 0 Å². The van der Waals surface area contributed by atoms with Crippen LogP contribution in [0.1, 0.15) is 45.2 Å². The molecule has 2 aliphatic carbocycles. The second kappa shape index (κ2) is 6.77. The molecule has 5 aromatic rings. The van der Waals surface area contributed by atoms with Crippen molar-refractivity contribution < 1.29 is 0 Å². The van der Waals surface area contributed by atoms with Crippen LogP contribution in [0.15, 0.2) is 116 Å². The fraction of sp³-hybridized carbons (Fsp3) is 0.0645. The molecule has 150 valence electrons. The maximum Gasteiger partial charge on any atom is 0.0370 e. The number of rotatable bonds is 2. The number of aromatic nitrogens is 1. The van der Waals surface area contributed by atoms with E-state index in [0.29, 0.717) is 0 Å². The lowest BCUT2D eigenvalue weighted by Gasteiger charge is -2.23. The highest BCUT2D eigenvalue weighted by atomic mass is 14.6. The molecule has 0 unspecified atom stereocenters. The van der Waals surface area contributed by atoms with Gasteiger partial charge >= 0.3 is 0 Å². The van der Waals surface area contributed by atoms with Crippen LogP contribution in [0.3, 0.4) is 0 Å². The summed E-state index contributed by atoms with van der Waals surface area (Å²) in [4.78, 5) is 4.62. The molecule has 0 fully saturated rings. The molecule has 0 amide bonds. The van der Waals surface area contributed by atoms with Crippen molar-refractivity contribution in [3.63, 3.8) is 0 Å². The number of benzene rings is 4. The third-order valence-electron chi connectivity index (χ3n) is 7.18. The largest absolute Gasteiger partial charge is 0.264 e. The van der Waals surface area contributed by atoms with Gasteiger partial charge in [-0.2, -0.15) is 0 Å². The van der Waals surface area contributed by atoms with Gasteiger partial charge in [-0.25, -0.2) is 0 Å². The van der Waals surface area contributed by atoms with E-state index in [1.807, 2.05) is 6.20 Å². The number of pyridine rings is 1. The molecular weight excluding hydrogens is 386 g/mol. The molecule has 0 aliphatic heterocycles. The van der Waals surface area contributed by atoms with E-state index in [9.17, 15) is 0 Å². The predicted octanol–water partition coefficient (Wildman–Crippen LogP) is 7.40. The van der Waals surface area contributed by atoms with Crippen molar-refractivity contribution in [3.8, 4) is 22.3 Å². The number of hydrogen-bond donors (Lipinski definition) is 0.